The van der Waals surface area contributed by atoms with Crippen molar-refractivity contribution in [1.29, 1.82) is 0 Å². The van der Waals surface area contributed by atoms with Crippen LogP contribution in [0, 0.1) is 15.0 Å². The summed E-state index contributed by atoms with van der Waals surface area (Å²) in [6.07, 6.45) is 0. The zero-order valence-corrected chi connectivity index (χ0v) is 14.9. The van der Waals surface area contributed by atoms with E-state index in [0.29, 0.717) is 13.1 Å². The summed E-state index contributed by atoms with van der Waals surface area (Å²) in [7, 11) is -4.01. The Balaban J connectivity index is 2.05. The fourth-order valence-electron chi connectivity index (χ4n) is 2.65. The molecule has 0 aromatic heterocycles. The van der Waals surface area contributed by atoms with E-state index in [9.17, 15) is 23.4 Å². The number of benzene rings is 2. The van der Waals surface area contributed by atoms with Crippen molar-refractivity contribution in [2.24, 2.45) is 5.18 Å². The van der Waals surface area contributed by atoms with Gasteiger partial charge in [-0.2, -0.15) is 4.31 Å². The normalized spacial score (nSPS) is 15.3. The molecule has 2 aromatic rings. The molecule has 0 spiro atoms. The van der Waals surface area contributed by atoms with Gasteiger partial charge in [-0.1, -0.05) is 6.07 Å². The Hall–Kier alpha value is -2.89. The van der Waals surface area contributed by atoms with Crippen molar-refractivity contribution in [1.82, 2.24) is 9.62 Å². The van der Waals surface area contributed by atoms with Gasteiger partial charge in [-0.3, -0.25) is 10.1 Å². The molecule has 1 aliphatic rings. The van der Waals surface area contributed by atoms with Gasteiger partial charge in [-0.05, 0) is 23.4 Å². The number of nitrogens with one attached hydrogen (secondary N) is 1. The lowest BCUT2D eigenvalue weighted by atomic mass is 10.3. The molecule has 1 aliphatic heterocycles. The number of sulfonamides is 1. The van der Waals surface area contributed by atoms with Crippen LogP contribution in [0.15, 0.2) is 52.5 Å². The van der Waals surface area contributed by atoms with Crippen LogP contribution >= 0.6 is 0 Å². The second-order valence-corrected chi connectivity index (χ2v) is 7.64. The number of hydrogen-bond donors (Lipinski definition) is 1. The predicted octanol–water partition coefficient (Wildman–Crippen LogP) is 2.38. The molecular formula is C16H16N4O6S. The van der Waals surface area contributed by atoms with Gasteiger partial charge in [0.1, 0.15) is 22.1 Å². The Morgan fingerprint density at radius 1 is 1.15 bits per heavy atom. The van der Waals surface area contributed by atoms with E-state index < -0.39 is 14.9 Å². The molecule has 0 unspecified atom stereocenters. The van der Waals surface area contributed by atoms with Crippen LogP contribution in [0.1, 0.15) is 0 Å². The van der Waals surface area contributed by atoms with Gasteiger partial charge in [0.25, 0.3) is 5.69 Å². The number of non-ortho nitro benzene ring substituents is 1. The maximum Gasteiger partial charge on any atom is 0.271 e. The Morgan fingerprint density at radius 2 is 1.89 bits per heavy atom. The van der Waals surface area contributed by atoms with Crippen molar-refractivity contribution >= 4 is 21.4 Å². The van der Waals surface area contributed by atoms with Crippen LogP contribution in [0.5, 0.6) is 11.5 Å². The summed E-state index contributed by atoms with van der Waals surface area (Å²) >= 11 is 0. The van der Waals surface area contributed by atoms with Gasteiger partial charge in [0.15, 0.2) is 0 Å². The number of rotatable bonds is 6. The van der Waals surface area contributed by atoms with E-state index in [1.807, 2.05) is 0 Å². The molecule has 3 rings (SSSR count). The molecule has 1 saturated heterocycles. The maximum absolute atomic E-state index is 13.0. The first-order valence-electron chi connectivity index (χ1n) is 8.02. The number of hydrogen-bond acceptors (Lipinski definition) is 8. The molecular weight excluding hydrogens is 376 g/mol. The third-order valence-electron chi connectivity index (χ3n) is 3.98. The van der Waals surface area contributed by atoms with Crippen LogP contribution in [0.3, 0.4) is 0 Å². The molecule has 1 fully saturated rings. The van der Waals surface area contributed by atoms with Crippen molar-refractivity contribution in [3.8, 4) is 11.5 Å². The number of ether oxygens (including phenoxy) is 1. The number of nitroso groups, excluding NO2 is 1. The van der Waals surface area contributed by atoms with Gasteiger partial charge in [0.2, 0.25) is 10.0 Å². The first-order valence-corrected chi connectivity index (χ1v) is 9.46. The molecule has 0 amide bonds. The molecule has 2 aromatic carbocycles. The minimum absolute atomic E-state index is 0.0674. The van der Waals surface area contributed by atoms with E-state index >= 15 is 0 Å². The Morgan fingerprint density at radius 3 is 2.56 bits per heavy atom. The van der Waals surface area contributed by atoms with Gasteiger partial charge < -0.3 is 10.1 Å². The van der Waals surface area contributed by atoms with Crippen LogP contribution in [-0.4, -0.2) is 43.8 Å². The average Bonchev–Trinajstić information content (AvgIpc) is 2.69. The Labute approximate surface area is 154 Å². The average molecular weight is 392 g/mol. The number of nitro groups is 1. The first kappa shape index (κ1) is 18.9. The Kier molecular flexibility index (Phi) is 5.44. The fraction of sp³-hybridized carbons (Fsp3) is 0.250. The van der Waals surface area contributed by atoms with E-state index in [-0.39, 0.29) is 40.9 Å². The summed E-state index contributed by atoms with van der Waals surface area (Å²) in [5, 5.41) is 17.0. The van der Waals surface area contributed by atoms with Crippen LogP contribution < -0.4 is 10.1 Å². The molecule has 142 valence electrons. The quantitative estimate of drug-likeness (QED) is 0.453. The van der Waals surface area contributed by atoms with Gasteiger partial charge in [-0.15, -0.1) is 4.91 Å². The molecule has 1 N–H and O–H groups in total. The molecule has 10 nitrogen and oxygen atoms in total. The number of nitrogens with zero attached hydrogens (tertiary/aromatic N) is 3. The van der Waals surface area contributed by atoms with Gasteiger partial charge in [-0.25, -0.2) is 8.42 Å². The summed E-state index contributed by atoms with van der Waals surface area (Å²) in [6, 6.07) is 9.24. The van der Waals surface area contributed by atoms with E-state index in [1.54, 1.807) is 0 Å². The van der Waals surface area contributed by atoms with Gasteiger partial charge >= 0.3 is 0 Å². The van der Waals surface area contributed by atoms with Crippen molar-refractivity contribution in [2.45, 2.75) is 4.90 Å². The summed E-state index contributed by atoms with van der Waals surface area (Å²) in [4.78, 5) is 20.8. The molecule has 0 radical (unpaired) electrons. The highest BCUT2D eigenvalue weighted by Gasteiger charge is 2.31. The standard InChI is InChI=1S/C16H16N4O6S/c21-18-12-2-1-3-14(10-12)26-15-5-4-13(20(22)23)11-16(15)27(24,25)19-8-6-17-7-9-19/h1-5,10-11,17H,6-9H2. The van der Waals surface area contributed by atoms with Crippen LogP contribution in [0.4, 0.5) is 11.4 Å². The van der Waals surface area contributed by atoms with Gasteiger partial charge in [0.05, 0.1) is 4.92 Å². The summed E-state index contributed by atoms with van der Waals surface area (Å²) < 4.78 is 32.9. The highest BCUT2D eigenvalue weighted by Crippen LogP contribution is 2.34. The van der Waals surface area contributed by atoms with Crippen LogP contribution in [0.25, 0.3) is 0 Å². The molecule has 0 atom stereocenters. The van der Waals surface area contributed by atoms with Crippen molar-refractivity contribution in [2.75, 3.05) is 26.2 Å². The smallest absolute Gasteiger partial charge is 0.271 e. The van der Waals surface area contributed by atoms with E-state index in [1.165, 1.54) is 34.6 Å². The highest BCUT2D eigenvalue weighted by molar-refractivity contribution is 7.89. The van der Waals surface area contributed by atoms with Crippen molar-refractivity contribution in [3.05, 3.63) is 57.5 Å². The van der Waals surface area contributed by atoms with Crippen molar-refractivity contribution in [3.63, 3.8) is 0 Å². The topological polar surface area (TPSA) is 131 Å². The molecule has 11 heteroatoms. The van der Waals surface area contributed by atoms with E-state index in [4.69, 9.17) is 4.74 Å². The number of nitro benzene ring substituents is 1. The summed E-state index contributed by atoms with van der Waals surface area (Å²) in [6.45, 7) is 1.46. The summed E-state index contributed by atoms with van der Waals surface area (Å²) in [5.74, 6) is 0.125. The third kappa shape index (κ3) is 4.10. The molecule has 0 bridgehead atoms. The lowest BCUT2D eigenvalue weighted by Crippen LogP contribution is -2.46. The lowest BCUT2D eigenvalue weighted by molar-refractivity contribution is -0.385. The predicted molar refractivity (Wildman–Crippen MR) is 96.7 cm³/mol. The fourth-order valence-corrected chi connectivity index (χ4v) is 4.23. The molecule has 0 saturated carbocycles. The maximum atomic E-state index is 13.0. The molecule has 1 heterocycles. The van der Waals surface area contributed by atoms with Crippen molar-refractivity contribution < 1.29 is 18.1 Å². The molecule has 27 heavy (non-hydrogen) atoms. The third-order valence-corrected chi connectivity index (χ3v) is 5.90. The second kappa shape index (κ2) is 7.78. The highest BCUT2D eigenvalue weighted by atomic mass is 32.2. The SMILES string of the molecule is O=Nc1cccc(Oc2ccc([N+](=O)[O-])cc2S(=O)(=O)N2CCNCC2)c1. The minimum Gasteiger partial charge on any atom is -0.456 e. The monoisotopic (exact) mass is 392 g/mol. The molecule has 0 aliphatic carbocycles. The summed E-state index contributed by atoms with van der Waals surface area (Å²) in [5.41, 5.74) is -0.250. The minimum atomic E-state index is -4.01. The van der Waals surface area contributed by atoms with E-state index in [2.05, 4.69) is 10.5 Å². The lowest BCUT2D eigenvalue weighted by Gasteiger charge is -2.27. The first-order chi connectivity index (χ1) is 12.9. The van der Waals surface area contributed by atoms with Gasteiger partial charge in [0, 0.05) is 44.4 Å². The second-order valence-electron chi connectivity index (χ2n) is 5.73. The van der Waals surface area contributed by atoms with E-state index in [0.717, 1.165) is 12.1 Å². The largest absolute Gasteiger partial charge is 0.456 e. The zero-order valence-electron chi connectivity index (χ0n) is 14.1. The van der Waals surface area contributed by atoms with Crippen LogP contribution in [-0.2, 0) is 10.0 Å². The van der Waals surface area contributed by atoms with Crippen LogP contribution in [0.2, 0.25) is 0 Å². The Bertz CT molecular complexity index is 973. The zero-order chi connectivity index (χ0) is 19.4. The number of piperazine rings is 1.